The first-order valence-corrected chi connectivity index (χ1v) is 13.2. The number of carbonyl (C=O) groups is 3. The minimum Gasteiger partial charge on any atom is -0.488 e. The van der Waals surface area contributed by atoms with Gasteiger partial charge in [0.05, 0.1) is 11.6 Å². The monoisotopic (exact) mass is 482 g/mol. The Bertz CT molecular complexity index is 1020. The molecule has 2 heterocycles. The number of thiophene rings is 1. The van der Waals surface area contributed by atoms with E-state index in [9.17, 15) is 14.4 Å². The van der Waals surface area contributed by atoms with Crippen LogP contribution in [0.1, 0.15) is 85.2 Å². The minimum atomic E-state index is -0.558. The Morgan fingerprint density at radius 1 is 1.15 bits per heavy atom. The first kappa shape index (κ1) is 24.6. The highest BCUT2D eigenvalue weighted by atomic mass is 32.1. The van der Waals surface area contributed by atoms with Crippen LogP contribution in [0.3, 0.4) is 0 Å². The van der Waals surface area contributed by atoms with Crippen LogP contribution >= 0.6 is 11.3 Å². The van der Waals surface area contributed by atoms with Crippen molar-refractivity contribution < 1.29 is 19.1 Å². The molecular weight excluding hydrogens is 448 g/mol. The van der Waals surface area contributed by atoms with Gasteiger partial charge in [0, 0.05) is 41.4 Å². The van der Waals surface area contributed by atoms with Gasteiger partial charge in [0.25, 0.3) is 5.91 Å². The number of nitrogens with zero attached hydrogens (tertiary/aromatic N) is 1. The Morgan fingerprint density at radius 2 is 1.88 bits per heavy atom. The number of benzene rings is 1. The lowest BCUT2D eigenvalue weighted by Gasteiger charge is -2.25. The average molecular weight is 483 g/mol. The van der Waals surface area contributed by atoms with Gasteiger partial charge < -0.3 is 19.7 Å². The Balaban J connectivity index is 1.32. The predicted octanol–water partition coefficient (Wildman–Crippen LogP) is 5.03. The minimum absolute atomic E-state index is 0.0250. The predicted molar refractivity (Wildman–Crippen MR) is 133 cm³/mol. The third-order valence-corrected chi connectivity index (χ3v) is 7.91. The molecule has 34 heavy (non-hydrogen) atoms. The summed E-state index contributed by atoms with van der Waals surface area (Å²) in [5.74, 6) is 0.611. The van der Waals surface area contributed by atoms with Crippen LogP contribution in [-0.2, 0) is 29.3 Å². The van der Waals surface area contributed by atoms with E-state index in [1.807, 2.05) is 17.5 Å². The second-order valence-electron chi connectivity index (χ2n) is 9.50. The van der Waals surface area contributed by atoms with E-state index >= 15 is 0 Å². The SMILES string of the molecule is CC(=O)CCC(C(C)=O)N1Cc2c(csc2COc2ccc(CNC3CCCCC3)cc2)C1=O. The van der Waals surface area contributed by atoms with E-state index in [2.05, 4.69) is 17.4 Å². The number of hydrogen-bond donors (Lipinski definition) is 1. The van der Waals surface area contributed by atoms with Crippen molar-refractivity contribution in [1.29, 1.82) is 0 Å². The van der Waals surface area contributed by atoms with Crippen molar-refractivity contribution in [3.05, 3.63) is 51.2 Å². The number of hydrogen-bond acceptors (Lipinski definition) is 6. The van der Waals surface area contributed by atoms with Gasteiger partial charge in [-0.25, -0.2) is 0 Å². The van der Waals surface area contributed by atoms with E-state index < -0.39 is 6.04 Å². The Kier molecular flexibility index (Phi) is 8.16. The van der Waals surface area contributed by atoms with Gasteiger partial charge in [-0.05, 0) is 50.8 Å². The zero-order valence-corrected chi connectivity index (χ0v) is 20.9. The molecule has 2 aliphatic rings. The highest BCUT2D eigenvalue weighted by Gasteiger charge is 2.37. The van der Waals surface area contributed by atoms with Crippen molar-refractivity contribution in [2.24, 2.45) is 0 Å². The number of fused-ring (bicyclic) bond motifs is 1. The van der Waals surface area contributed by atoms with E-state index in [4.69, 9.17) is 4.74 Å². The van der Waals surface area contributed by atoms with Crippen molar-refractivity contribution in [2.75, 3.05) is 0 Å². The standard InChI is InChI=1S/C27H34N2O4S/c1-18(30)8-13-25(19(2)31)29-15-23-24(27(29)32)17-34-26(23)16-33-22-11-9-20(10-12-22)14-28-21-6-4-3-5-7-21/h9-12,17,21,25,28H,3-8,13-16H2,1-2H3. The number of carbonyl (C=O) groups excluding carboxylic acids is 3. The molecule has 0 bridgehead atoms. The molecule has 1 aliphatic carbocycles. The smallest absolute Gasteiger partial charge is 0.255 e. The molecule has 1 aromatic heterocycles. The molecule has 1 fully saturated rings. The van der Waals surface area contributed by atoms with Gasteiger partial charge in [0.15, 0.2) is 5.78 Å². The molecule has 7 heteroatoms. The van der Waals surface area contributed by atoms with Gasteiger partial charge in [-0.15, -0.1) is 11.3 Å². The largest absolute Gasteiger partial charge is 0.488 e. The van der Waals surface area contributed by atoms with Crippen LogP contribution in [0, 0.1) is 0 Å². The summed E-state index contributed by atoms with van der Waals surface area (Å²) in [6, 6.07) is 8.27. The van der Waals surface area contributed by atoms with Crippen LogP contribution in [0.4, 0.5) is 0 Å². The number of ether oxygens (including phenoxy) is 1. The first-order valence-electron chi connectivity index (χ1n) is 12.3. The Hall–Kier alpha value is -2.51. The third-order valence-electron chi connectivity index (χ3n) is 6.91. The quantitative estimate of drug-likeness (QED) is 0.486. The lowest BCUT2D eigenvalue weighted by Crippen LogP contribution is -2.40. The first-order chi connectivity index (χ1) is 16.4. The highest BCUT2D eigenvalue weighted by Crippen LogP contribution is 2.34. The van der Waals surface area contributed by atoms with E-state index in [1.54, 1.807) is 4.90 Å². The summed E-state index contributed by atoms with van der Waals surface area (Å²) in [4.78, 5) is 39.1. The Labute approximate surface area is 205 Å². The van der Waals surface area contributed by atoms with Gasteiger partial charge in [0.2, 0.25) is 0 Å². The maximum Gasteiger partial charge on any atom is 0.255 e. The van der Waals surface area contributed by atoms with Crippen LogP contribution in [0.25, 0.3) is 0 Å². The van der Waals surface area contributed by atoms with Gasteiger partial charge in [-0.2, -0.15) is 0 Å². The molecule has 0 saturated heterocycles. The molecule has 1 amide bonds. The zero-order chi connectivity index (χ0) is 24.1. The normalized spacial score (nSPS) is 17.0. The van der Waals surface area contributed by atoms with Crippen molar-refractivity contribution in [3.8, 4) is 5.75 Å². The molecule has 4 rings (SSSR count). The summed E-state index contributed by atoms with van der Waals surface area (Å²) in [5, 5.41) is 5.52. The molecule has 1 saturated carbocycles. The molecule has 1 aromatic carbocycles. The van der Waals surface area contributed by atoms with Gasteiger partial charge in [0.1, 0.15) is 18.1 Å². The number of amides is 1. The summed E-state index contributed by atoms with van der Waals surface area (Å²) in [5.41, 5.74) is 2.84. The maximum atomic E-state index is 12.9. The molecule has 6 nitrogen and oxygen atoms in total. The molecule has 1 atom stereocenters. The van der Waals surface area contributed by atoms with Crippen molar-refractivity contribution in [3.63, 3.8) is 0 Å². The second kappa shape index (κ2) is 11.3. The van der Waals surface area contributed by atoms with Gasteiger partial charge >= 0.3 is 0 Å². The van der Waals surface area contributed by atoms with Crippen LogP contribution in [0.15, 0.2) is 29.6 Å². The molecule has 2 aromatic rings. The summed E-state index contributed by atoms with van der Waals surface area (Å²) in [6.07, 6.45) is 7.23. The fourth-order valence-corrected chi connectivity index (χ4v) is 5.83. The summed E-state index contributed by atoms with van der Waals surface area (Å²) < 4.78 is 6.03. The van der Waals surface area contributed by atoms with E-state index in [1.165, 1.54) is 62.9 Å². The van der Waals surface area contributed by atoms with Crippen LogP contribution in [-0.4, -0.2) is 34.5 Å². The van der Waals surface area contributed by atoms with Crippen LogP contribution in [0.5, 0.6) is 5.75 Å². The molecule has 0 spiro atoms. The fourth-order valence-electron chi connectivity index (χ4n) is 4.88. The third kappa shape index (κ3) is 5.94. The number of Topliss-reactive ketones (excluding diaryl/α,β-unsaturated/α-hetero) is 2. The second-order valence-corrected chi connectivity index (χ2v) is 10.5. The number of rotatable bonds is 11. The molecule has 1 unspecified atom stereocenters. The van der Waals surface area contributed by atoms with Crippen LogP contribution in [0.2, 0.25) is 0 Å². The van der Waals surface area contributed by atoms with Crippen molar-refractivity contribution in [2.45, 2.75) is 90.6 Å². The van der Waals surface area contributed by atoms with E-state index in [0.717, 1.165) is 22.7 Å². The number of ketones is 2. The summed E-state index contributed by atoms with van der Waals surface area (Å²) >= 11 is 1.52. The zero-order valence-electron chi connectivity index (χ0n) is 20.1. The van der Waals surface area contributed by atoms with Crippen LogP contribution < -0.4 is 10.1 Å². The van der Waals surface area contributed by atoms with Crippen molar-refractivity contribution >= 4 is 28.8 Å². The van der Waals surface area contributed by atoms with Gasteiger partial charge in [-0.1, -0.05) is 31.4 Å². The molecular formula is C27H34N2O4S. The van der Waals surface area contributed by atoms with E-state index in [-0.39, 0.29) is 17.5 Å². The maximum absolute atomic E-state index is 12.9. The summed E-state index contributed by atoms with van der Waals surface area (Å²) in [6.45, 7) is 4.66. The fraction of sp³-hybridized carbons (Fsp3) is 0.519. The topological polar surface area (TPSA) is 75.7 Å². The highest BCUT2D eigenvalue weighted by molar-refractivity contribution is 7.10. The molecule has 182 valence electrons. The lowest BCUT2D eigenvalue weighted by atomic mass is 9.95. The Morgan fingerprint density at radius 3 is 2.56 bits per heavy atom. The lowest BCUT2D eigenvalue weighted by molar-refractivity contribution is -0.122. The van der Waals surface area contributed by atoms with Crippen molar-refractivity contribution in [1.82, 2.24) is 10.2 Å². The van der Waals surface area contributed by atoms with E-state index in [0.29, 0.717) is 37.6 Å². The molecule has 0 radical (unpaired) electrons. The molecule has 1 N–H and O–H groups in total. The molecule has 1 aliphatic heterocycles. The number of nitrogens with one attached hydrogen (secondary N) is 1. The van der Waals surface area contributed by atoms with Gasteiger partial charge in [-0.3, -0.25) is 9.59 Å². The summed E-state index contributed by atoms with van der Waals surface area (Å²) in [7, 11) is 0. The average Bonchev–Trinajstić information content (AvgIpc) is 3.37.